The molecule has 0 aliphatic carbocycles. The number of anilines is 1. The zero-order chi connectivity index (χ0) is 19.9. The van der Waals surface area contributed by atoms with E-state index in [4.69, 9.17) is 10.2 Å². The monoisotopic (exact) mass is 388 g/mol. The molecule has 3 heterocycles. The molecule has 1 amide bonds. The number of alkyl halides is 2. The second-order valence-corrected chi connectivity index (χ2v) is 6.47. The normalized spacial score (nSPS) is 15.8. The van der Waals surface area contributed by atoms with Crippen molar-refractivity contribution in [1.29, 1.82) is 0 Å². The van der Waals surface area contributed by atoms with Crippen LogP contribution in [0.25, 0.3) is 22.6 Å². The summed E-state index contributed by atoms with van der Waals surface area (Å²) in [6.45, 7) is -0.464. The van der Waals surface area contributed by atoms with Crippen molar-refractivity contribution < 1.29 is 22.4 Å². The average molecular weight is 388 g/mol. The van der Waals surface area contributed by atoms with Crippen molar-refractivity contribution in [3.8, 4) is 22.6 Å². The van der Waals surface area contributed by atoms with Gasteiger partial charge in [-0.1, -0.05) is 18.2 Å². The predicted octanol–water partition coefficient (Wildman–Crippen LogP) is 3.49. The molecule has 0 atom stereocenters. The highest BCUT2D eigenvalue weighted by Gasteiger charge is 2.40. The Morgan fingerprint density at radius 1 is 1.21 bits per heavy atom. The first-order valence-corrected chi connectivity index (χ1v) is 8.48. The third-order valence-corrected chi connectivity index (χ3v) is 4.53. The third-order valence-electron chi connectivity index (χ3n) is 4.53. The van der Waals surface area contributed by atoms with Crippen molar-refractivity contribution in [3.63, 3.8) is 0 Å². The van der Waals surface area contributed by atoms with Crippen LogP contribution in [0.15, 0.2) is 47.2 Å². The number of carbonyl (C=O) groups is 1. The minimum absolute atomic E-state index is 0.0506. The van der Waals surface area contributed by atoms with Crippen LogP contribution in [0.5, 0.6) is 0 Å². The topological polar surface area (TPSA) is 85.2 Å². The Labute approximate surface area is 157 Å². The van der Waals surface area contributed by atoms with E-state index in [0.717, 1.165) is 6.26 Å². The molecule has 3 aromatic rings. The summed E-state index contributed by atoms with van der Waals surface area (Å²) in [6.07, 6.45) is 2.16. The molecule has 1 aliphatic rings. The van der Waals surface area contributed by atoms with Gasteiger partial charge < -0.3 is 15.1 Å². The summed E-state index contributed by atoms with van der Waals surface area (Å²) in [5.41, 5.74) is 5.90. The zero-order valence-electron chi connectivity index (χ0n) is 14.5. The second kappa shape index (κ2) is 6.66. The SMILES string of the molecule is NC(=O)c1coc(-c2c(-c3ccccc3F)ccnc2N2CCC(F)(F)C2)n1. The van der Waals surface area contributed by atoms with Crippen LogP contribution in [0.1, 0.15) is 16.9 Å². The highest BCUT2D eigenvalue weighted by Crippen LogP contribution is 2.41. The minimum atomic E-state index is -2.86. The van der Waals surface area contributed by atoms with Gasteiger partial charge in [0, 0.05) is 30.3 Å². The Morgan fingerprint density at radius 2 is 2.00 bits per heavy atom. The molecule has 1 aliphatic heterocycles. The first-order chi connectivity index (χ1) is 13.4. The van der Waals surface area contributed by atoms with Crippen LogP contribution in [-0.2, 0) is 0 Å². The number of amides is 1. The number of carbonyl (C=O) groups excluding carboxylic acids is 1. The van der Waals surface area contributed by atoms with Crippen LogP contribution in [0.2, 0.25) is 0 Å². The highest BCUT2D eigenvalue weighted by molar-refractivity contribution is 5.92. The number of nitrogens with two attached hydrogens (primary N) is 1. The summed E-state index contributed by atoms with van der Waals surface area (Å²) < 4.78 is 47.4. The Balaban J connectivity index is 1.93. The van der Waals surface area contributed by atoms with E-state index in [1.165, 1.54) is 23.2 Å². The van der Waals surface area contributed by atoms with Crippen LogP contribution in [0.3, 0.4) is 0 Å². The van der Waals surface area contributed by atoms with Gasteiger partial charge in [-0.3, -0.25) is 4.79 Å². The molecule has 0 radical (unpaired) electrons. The quantitative estimate of drug-likeness (QED) is 0.740. The van der Waals surface area contributed by atoms with Gasteiger partial charge in [-0.2, -0.15) is 0 Å². The van der Waals surface area contributed by atoms with E-state index in [2.05, 4.69) is 9.97 Å². The lowest BCUT2D eigenvalue weighted by molar-refractivity contribution is 0.0256. The number of primary amides is 1. The van der Waals surface area contributed by atoms with Crippen LogP contribution in [-0.4, -0.2) is 34.9 Å². The summed E-state index contributed by atoms with van der Waals surface area (Å²) in [7, 11) is 0. The van der Waals surface area contributed by atoms with Gasteiger partial charge in [-0.05, 0) is 12.1 Å². The number of pyridine rings is 1. The maximum atomic E-state index is 14.5. The zero-order valence-corrected chi connectivity index (χ0v) is 14.5. The second-order valence-electron chi connectivity index (χ2n) is 6.47. The number of halogens is 3. The largest absolute Gasteiger partial charge is 0.443 e. The molecule has 4 rings (SSSR count). The van der Waals surface area contributed by atoms with Gasteiger partial charge >= 0.3 is 0 Å². The van der Waals surface area contributed by atoms with Crippen molar-refractivity contribution in [1.82, 2.24) is 9.97 Å². The predicted molar refractivity (Wildman–Crippen MR) is 95.4 cm³/mol. The van der Waals surface area contributed by atoms with Gasteiger partial charge in [0.15, 0.2) is 5.69 Å². The number of hydrogen-bond acceptors (Lipinski definition) is 5. The molecule has 1 aromatic carbocycles. The van der Waals surface area contributed by atoms with Crippen molar-refractivity contribution in [2.75, 3.05) is 18.0 Å². The van der Waals surface area contributed by atoms with E-state index in [1.807, 2.05) is 0 Å². The lowest BCUT2D eigenvalue weighted by Gasteiger charge is -2.21. The molecule has 2 aromatic heterocycles. The van der Waals surface area contributed by atoms with Crippen LogP contribution in [0.4, 0.5) is 19.0 Å². The van der Waals surface area contributed by atoms with Crippen LogP contribution < -0.4 is 10.6 Å². The maximum Gasteiger partial charge on any atom is 0.270 e. The molecule has 0 bridgehead atoms. The molecule has 1 fully saturated rings. The van der Waals surface area contributed by atoms with Crippen molar-refractivity contribution in [2.24, 2.45) is 5.73 Å². The van der Waals surface area contributed by atoms with E-state index in [0.29, 0.717) is 5.56 Å². The number of rotatable bonds is 4. The van der Waals surface area contributed by atoms with Crippen molar-refractivity contribution in [3.05, 3.63) is 54.3 Å². The van der Waals surface area contributed by atoms with E-state index in [-0.39, 0.29) is 41.5 Å². The molecule has 9 heteroatoms. The standard InChI is InChI=1S/C19H15F3N4O2/c20-13-4-2-1-3-11(13)12-5-7-24-17(26-8-6-19(21,22)10-26)15(12)18-25-14(9-28-18)16(23)27/h1-5,7,9H,6,8,10H2,(H2,23,27). The number of hydrogen-bond donors (Lipinski definition) is 1. The third kappa shape index (κ3) is 3.19. The van der Waals surface area contributed by atoms with Gasteiger partial charge in [-0.15, -0.1) is 0 Å². The minimum Gasteiger partial charge on any atom is -0.443 e. The Morgan fingerprint density at radius 3 is 2.64 bits per heavy atom. The fourth-order valence-electron chi connectivity index (χ4n) is 3.22. The van der Waals surface area contributed by atoms with Crippen LogP contribution >= 0.6 is 0 Å². The number of oxazole rings is 1. The molecule has 28 heavy (non-hydrogen) atoms. The summed E-state index contributed by atoms with van der Waals surface area (Å²) in [6, 6.07) is 7.57. The summed E-state index contributed by atoms with van der Waals surface area (Å²) in [5.74, 6) is -4.04. The first kappa shape index (κ1) is 18.0. The van der Waals surface area contributed by atoms with Crippen LogP contribution in [0, 0.1) is 5.82 Å². The molecule has 144 valence electrons. The molecular weight excluding hydrogens is 373 g/mol. The molecule has 0 spiro atoms. The van der Waals surface area contributed by atoms with E-state index in [9.17, 15) is 18.0 Å². The fourth-order valence-corrected chi connectivity index (χ4v) is 3.22. The first-order valence-electron chi connectivity index (χ1n) is 8.48. The lowest BCUT2D eigenvalue weighted by atomic mass is 10.00. The molecule has 2 N–H and O–H groups in total. The number of benzene rings is 1. The van der Waals surface area contributed by atoms with Gasteiger partial charge in [0.25, 0.3) is 11.8 Å². The van der Waals surface area contributed by atoms with Crippen molar-refractivity contribution >= 4 is 11.7 Å². The fraction of sp³-hybridized carbons (Fsp3) is 0.211. The van der Waals surface area contributed by atoms with E-state index < -0.39 is 24.2 Å². The summed E-state index contributed by atoms with van der Waals surface area (Å²) >= 11 is 0. The Kier molecular flexibility index (Phi) is 4.29. The molecule has 1 saturated heterocycles. The molecule has 6 nitrogen and oxygen atoms in total. The van der Waals surface area contributed by atoms with E-state index in [1.54, 1.807) is 18.2 Å². The van der Waals surface area contributed by atoms with Gasteiger partial charge in [-0.25, -0.2) is 23.1 Å². The molecule has 0 saturated carbocycles. The molecule has 0 unspecified atom stereocenters. The number of aromatic nitrogens is 2. The average Bonchev–Trinajstić information content (AvgIpc) is 3.28. The highest BCUT2D eigenvalue weighted by atomic mass is 19.3. The Hall–Kier alpha value is -3.36. The lowest BCUT2D eigenvalue weighted by Crippen LogP contribution is -2.26. The summed E-state index contributed by atoms with van der Waals surface area (Å²) in [4.78, 5) is 21.1. The summed E-state index contributed by atoms with van der Waals surface area (Å²) in [5, 5.41) is 0. The van der Waals surface area contributed by atoms with E-state index >= 15 is 0 Å². The maximum absolute atomic E-state index is 14.5. The molecular formula is C19H15F3N4O2. The van der Waals surface area contributed by atoms with Gasteiger partial charge in [0.2, 0.25) is 5.89 Å². The van der Waals surface area contributed by atoms with Gasteiger partial charge in [0.05, 0.1) is 12.1 Å². The van der Waals surface area contributed by atoms with Crippen molar-refractivity contribution in [2.45, 2.75) is 12.3 Å². The number of nitrogens with zero attached hydrogens (tertiary/aromatic N) is 3. The smallest absolute Gasteiger partial charge is 0.270 e. The Bertz CT molecular complexity index is 1050. The van der Waals surface area contributed by atoms with Gasteiger partial charge in [0.1, 0.15) is 17.9 Å².